The number of nitrogens with zero attached hydrogens (tertiary/aromatic N) is 1. The van der Waals surface area contributed by atoms with E-state index in [1.54, 1.807) is 12.1 Å². The molecule has 5 rings (SSSR count). The zero-order valence-corrected chi connectivity index (χ0v) is 19.4. The Morgan fingerprint density at radius 2 is 1.94 bits per heavy atom. The lowest BCUT2D eigenvalue weighted by atomic mass is 9.61. The minimum atomic E-state index is -3.66. The lowest BCUT2D eigenvalue weighted by Crippen LogP contribution is -2.67. The van der Waals surface area contributed by atoms with Gasteiger partial charge in [0.2, 0.25) is 10.0 Å². The number of nitrogens with one attached hydrogen (secondary N) is 1. The maximum absolute atomic E-state index is 11.5. The predicted octanol–water partition coefficient (Wildman–Crippen LogP) is 2.54. The highest BCUT2D eigenvalue weighted by molar-refractivity contribution is 7.89. The van der Waals surface area contributed by atoms with Crippen molar-refractivity contribution in [2.45, 2.75) is 61.4 Å². The smallest absolute Gasteiger partial charge is 0.238 e. The van der Waals surface area contributed by atoms with Crippen LogP contribution < -0.4 is 10.5 Å². The Labute approximate surface area is 190 Å². The van der Waals surface area contributed by atoms with Gasteiger partial charge in [0, 0.05) is 24.0 Å². The normalized spacial score (nSPS) is 27.8. The van der Waals surface area contributed by atoms with Crippen LogP contribution in [0.15, 0.2) is 47.4 Å². The predicted molar refractivity (Wildman–Crippen MR) is 125 cm³/mol. The summed E-state index contributed by atoms with van der Waals surface area (Å²) in [5.41, 5.74) is 3.72. The number of primary sulfonamides is 1. The van der Waals surface area contributed by atoms with Crippen molar-refractivity contribution in [3.05, 3.63) is 59.2 Å². The van der Waals surface area contributed by atoms with Crippen molar-refractivity contribution in [3.63, 3.8) is 0 Å². The van der Waals surface area contributed by atoms with Crippen LogP contribution in [0.1, 0.15) is 42.9 Å². The van der Waals surface area contributed by atoms with Gasteiger partial charge in [-0.15, -0.1) is 0 Å². The van der Waals surface area contributed by atoms with Crippen LogP contribution in [0.25, 0.3) is 0 Å². The summed E-state index contributed by atoms with van der Waals surface area (Å²) in [6.45, 7) is 5.47. The average Bonchev–Trinajstić information content (AvgIpc) is 3.56. The molecule has 0 spiro atoms. The molecule has 3 aliphatic rings. The van der Waals surface area contributed by atoms with Gasteiger partial charge in [0.25, 0.3) is 0 Å². The van der Waals surface area contributed by atoms with Crippen LogP contribution >= 0.6 is 0 Å². The Morgan fingerprint density at radius 3 is 2.62 bits per heavy atom. The number of benzene rings is 2. The molecular weight excluding hydrogens is 422 g/mol. The molecule has 0 amide bonds. The van der Waals surface area contributed by atoms with Crippen molar-refractivity contribution in [2.24, 2.45) is 11.1 Å². The highest BCUT2D eigenvalue weighted by Gasteiger charge is 2.51. The van der Waals surface area contributed by atoms with E-state index in [0.717, 1.165) is 43.8 Å². The Bertz CT molecular complexity index is 1100. The molecule has 1 aliphatic heterocycles. The van der Waals surface area contributed by atoms with Crippen molar-refractivity contribution in [1.82, 2.24) is 10.2 Å². The molecule has 2 aliphatic carbocycles. The highest BCUT2D eigenvalue weighted by Crippen LogP contribution is 2.47. The topological polar surface area (TPSA) is 95.7 Å². The van der Waals surface area contributed by atoms with Gasteiger partial charge in [-0.2, -0.15) is 0 Å². The monoisotopic (exact) mass is 455 g/mol. The van der Waals surface area contributed by atoms with Crippen LogP contribution in [-0.4, -0.2) is 50.1 Å². The summed E-state index contributed by atoms with van der Waals surface area (Å²) in [4.78, 5) is 2.85. The zero-order valence-electron chi connectivity index (χ0n) is 18.6. The molecule has 172 valence electrons. The molecule has 0 unspecified atom stereocenters. The lowest BCUT2D eigenvalue weighted by Gasteiger charge is -2.56. The lowest BCUT2D eigenvalue weighted by molar-refractivity contribution is 0.0432. The van der Waals surface area contributed by atoms with Crippen molar-refractivity contribution in [2.75, 3.05) is 19.6 Å². The summed E-state index contributed by atoms with van der Waals surface area (Å²) < 4.78 is 23.0. The molecule has 2 fully saturated rings. The molecule has 2 aromatic carbocycles. The molecule has 4 N–H and O–H groups in total. The van der Waals surface area contributed by atoms with E-state index in [2.05, 4.69) is 23.2 Å². The second-order valence-electron chi connectivity index (χ2n) is 10.1. The van der Waals surface area contributed by atoms with E-state index in [-0.39, 0.29) is 10.3 Å². The molecule has 32 heavy (non-hydrogen) atoms. The number of aromatic hydroxyl groups is 1. The number of phenols is 1. The Balaban J connectivity index is 1.35. The van der Waals surface area contributed by atoms with Gasteiger partial charge in [0.15, 0.2) is 0 Å². The van der Waals surface area contributed by atoms with Crippen LogP contribution in [0.4, 0.5) is 0 Å². The van der Waals surface area contributed by atoms with Crippen LogP contribution in [0.5, 0.6) is 5.75 Å². The molecular formula is C25H33N3O3S. The van der Waals surface area contributed by atoms with Crippen LogP contribution in [0, 0.1) is 5.92 Å². The third-order valence-corrected chi connectivity index (χ3v) is 8.75. The summed E-state index contributed by atoms with van der Waals surface area (Å²) in [5, 5.41) is 19.3. The number of fused-ring (bicyclic) bond motifs is 4. The molecule has 2 bridgehead atoms. The van der Waals surface area contributed by atoms with E-state index >= 15 is 0 Å². The number of hydrogen-bond donors (Lipinski definition) is 3. The van der Waals surface area contributed by atoms with E-state index in [4.69, 9.17) is 5.14 Å². The highest BCUT2D eigenvalue weighted by atomic mass is 32.2. The van der Waals surface area contributed by atoms with E-state index < -0.39 is 10.0 Å². The van der Waals surface area contributed by atoms with Gasteiger partial charge in [-0.05, 0) is 92.1 Å². The van der Waals surface area contributed by atoms with Crippen LogP contribution in [-0.2, 0) is 28.3 Å². The molecule has 1 heterocycles. The van der Waals surface area contributed by atoms with E-state index in [1.807, 2.05) is 24.3 Å². The molecule has 3 atom stereocenters. The van der Waals surface area contributed by atoms with Gasteiger partial charge in [0.05, 0.1) is 4.90 Å². The first-order valence-electron chi connectivity index (χ1n) is 11.7. The largest absolute Gasteiger partial charge is 0.508 e. The standard InChI is InChI=1S/C25H33N3O3S/c1-25-11-13-28(16-18-2-3-18)23(14-19-6-7-20(29)15-22(19)25)24(25)27-12-10-17-4-8-21(9-5-17)32(26,30)31/h4-9,15,18,23-24,27,29H,2-3,10-14,16H2,1H3,(H2,26,30,31)/t23-,24-,25+/m1/s1. The van der Waals surface area contributed by atoms with Crippen molar-refractivity contribution >= 4 is 10.0 Å². The van der Waals surface area contributed by atoms with Gasteiger partial charge in [0.1, 0.15) is 5.75 Å². The van der Waals surface area contributed by atoms with Gasteiger partial charge < -0.3 is 10.4 Å². The number of likely N-dealkylation sites (tertiary alicyclic amines) is 1. The number of phenolic OH excluding ortho intramolecular Hbond substituents is 1. The van der Waals surface area contributed by atoms with Crippen molar-refractivity contribution < 1.29 is 13.5 Å². The first-order chi connectivity index (χ1) is 15.2. The molecule has 6 nitrogen and oxygen atoms in total. The molecule has 0 aromatic heterocycles. The number of nitrogens with two attached hydrogens (primary N) is 1. The van der Waals surface area contributed by atoms with Crippen molar-refractivity contribution in [1.29, 1.82) is 0 Å². The summed E-state index contributed by atoms with van der Waals surface area (Å²) in [6, 6.07) is 13.5. The maximum atomic E-state index is 11.5. The Kier molecular flexibility index (Phi) is 5.56. The SMILES string of the molecule is C[C@]12CCN(CC3CC3)[C@H](Cc3ccc(O)cc31)[C@H]2NCCc1ccc(S(N)(=O)=O)cc1. The second-order valence-corrected chi connectivity index (χ2v) is 11.7. The maximum Gasteiger partial charge on any atom is 0.238 e. The number of rotatable bonds is 7. The summed E-state index contributed by atoms with van der Waals surface area (Å²) in [7, 11) is -3.66. The van der Waals surface area contributed by atoms with E-state index in [9.17, 15) is 13.5 Å². The average molecular weight is 456 g/mol. The Hall–Kier alpha value is -1.93. The summed E-state index contributed by atoms with van der Waals surface area (Å²) in [6.07, 6.45) is 5.63. The summed E-state index contributed by atoms with van der Waals surface area (Å²) >= 11 is 0. The summed E-state index contributed by atoms with van der Waals surface area (Å²) in [5.74, 6) is 1.20. The van der Waals surface area contributed by atoms with E-state index in [0.29, 0.717) is 17.8 Å². The first-order valence-corrected chi connectivity index (χ1v) is 13.2. The van der Waals surface area contributed by atoms with Gasteiger partial charge >= 0.3 is 0 Å². The first kappa shape index (κ1) is 21.9. The molecule has 2 aromatic rings. The fourth-order valence-corrected chi connectivity index (χ4v) is 6.33. The number of piperidine rings is 1. The fraction of sp³-hybridized carbons (Fsp3) is 0.520. The van der Waals surface area contributed by atoms with Gasteiger partial charge in [-0.25, -0.2) is 13.6 Å². The third-order valence-electron chi connectivity index (χ3n) is 7.82. The minimum absolute atomic E-state index is 0.0193. The second kappa shape index (κ2) is 8.13. The molecule has 7 heteroatoms. The van der Waals surface area contributed by atoms with E-state index in [1.165, 1.54) is 30.5 Å². The van der Waals surface area contributed by atoms with Crippen LogP contribution in [0.2, 0.25) is 0 Å². The van der Waals surface area contributed by atoms with Gasteiger partial charge in [-0.1, -0.05) is 25.1 Å². The molecule has 0 radical (unpaired) electrons. The molecule has 1 saturated carbocycles. The van der Waals surface area contributed by atoms with Gasteiger partial charge in [-0.3, -0.25) is 4.90 Å². The zero-order chi connectivity index (χ0) is 22.5. The number of hydrogen-bond acceptors (Lipinski definition) is 5. The fourth-order valence-electron chi connectivity index (χ4n) is 5.82. The van der Waals surface area contributed by atoms with Crippen LogP contribution in [0.3, 0.4) is 0 Å². The minimum Gasteiger partial charge on any atom is -0.508 e. The quantitative estimate of drug-likeness (QED) is 0.596. The third kappa shape index (κ3) is 4.19. The molecule has 1 saturated heterocycles. The van der Waals surface area contributed by atoms with Crippen molar-refractivity contribution in [3.8, 4) is 5.75 Å². The number of sulfonamides is 1. The Morgan fingerprint density at radius 1 is 1.19 bits per heavy atom.